The van der Waals surface area contributed by atoms with Crippen LogP contribution in [0, 0.1) is 0 Å². The van der Waals surface area contributed by atoms with Gasteiger partial charge in [-0.25, -0.2) is 0 Å². The Labute approximate surface area is 131 Å². The van der Waals surface area contributed by atoms with Crippen LogP contribution in [0.15, 0.2) is 12.1 Å². The molecular weight excluding hydrogens is 284 g/mol. The fourth-order valence-corrected chi connectivity index (χ4v) is 3.21. The Hall–Kier alpha value is -1.34. The summed E-state index contributed by atoms with van der Waals surface area (Å²) in [6.45, 7) is 5.15. The summed E-state index contributed by atoms with van der Waals surface area (Å²) < 4.78 is 5.20. The number of aliphatic hydroxyl groups excluding tert-OH is 2. The SMILES string of the molecule is COc1cc2c(cc1O)CC[NH+](C[C@H](O)C[NH2+]CCO)[C@@H]2C. The van der Waals surface area contributed by atoms with Gasteiger partial charge in [0.25, 0.3) is 0 Å². The summed E-state index contributed by atoms with van der Waals surface area (Å²) in [4.78, 5) is 1.34. The summed E-state index contributed by atoms with van der Waals surface area (Å²) in [6.07, 6.45) is 0.504. The number of fused-ring (bicyclic) bond motifs is 1. The summed E-state index contributed by atoms with van der Waals surface area (Å²) in [5.41, 5.74) is 2.35. The minimum atomic E-state index is -0.385. The van der Waals surface area contributed by atoms with E-state index < -0.39 is 0 Å². The Morgan fingerprint density at radius 1 is 1.45 bits per heavy atom. The molecule has 6 heteroatoms. The lowest BCUT2D eigenvalue weighted by atomic mass is 9.92. The van der Waals surface area contributed by atoms with E-state index in [4.69, 9.17) is 9.84 Å². The van der Waals surface area contributed by atoms with Crippen molar-refractivity contribution in [3.63, 3.8) is 0 Å². The molecule has 1 heterocycles. The Morgan fingerprint density at radius 2 is 2.23 bits per heavy atom. The average Bonchev–Trinajstić information content (AvgIpc) is 2.50. The molecule has 0 aliphatic carbocycles. The van der Waals surface area contributed by atoms with Gasteiger partial charge in [0.15, 0.2) is 17.6 Å². The van der Waals surface area contributed by atoms with Gasteiger partial charge in [-0.1, -0.05) is 0 Å². The van der Waals surface area contributed by atoms with Crippen molar-refractivity contribution in [2.75, 3.05) is 39.9 Å². The lowest BCUT2D eigenvalue weighted by Crippen LogP contribution is -3.14. The second-order valence-corrected chi connectivity index (χ2v) is 6.00. The summed E-state index contributed by atoms with van der Waals surface area (Å²) in [6, 6.07) is 3.97. The maximum Gasteiger partial charge on any atom is 0.161 e. The van der Waals surface area contributed by atoms with Gasteiger partial charge >= 0.3 is 0 Å². The van der Waals surface area contributed by atoms with Crippen molar-refractivity contribution in [3.05, 3.63) is 23.3 Å². The van der Waals surface area contributed by atoms with Crippen molar-refractivity contribution in [3.8, 4) is 11.5 Å². The summed E-state index contributed by atoms with van der Waals surface area (Å²) in [5.74, 6) is 0.694. The summed E-state index contributed by atoms with van der Waals surface area (Å²) >= 11 is 0. The van der Waals surface area contributed by atoms with Crippen LogP contribution in [0.1, 0.15) is 24.1 Å². The third-order valence-corrected chi connectivity index (χ3v) is 4.50. The third-order valence-electron chi connectivity index (χ3n) is 4.50. The highest BCUT2D eigenvalue weighted by Crippen LogP contribution is 2.32. The monoisotopic (exact) mass is 312 g/mol. The number of quaternary nitrogens is 2. The lowest BCUT2D eigenvalue weighted by molar-refractivity contribution is -0.936. The molecule has 6 N–H and O–H groups in total. The topological polar surface area (TPSA) is 91.0 Å². The molecule has 3 atom stereocenters. The number of aromatic hydroxyl groups is 1. The molecule has 1 aromatic rings. The molecule has 1 aliphatic rings. The molecular formula is C16H28N2O4+2. The molecule has 6 nitrogen and oxygen atoms in total. The van der Waals surface area contributed by atoms with Gasteiger partial charge in [-0.05, 0) is 24.6 Å². The molecule has 1 aromatic carbocycles. The van der Waals surface area contributed by atoms with Gasteiger partial charge in [0.2, 0.25) is 0 Å². The fourth-order valence-electron chi connectivity index (χ4n) is 3.21. The number of rotatable bonds is 7. The van der Waals surface area contributed by atoms with Crippen molar-refractivity contribution >= 4 is 0 Å². The second kappa shape index (κ2) is 7.78. The van der Waals surface area contributed by atoms with E-state index in [0.717, 1.165) is 18.5 Å². The van der Waals surface area contributed by atoms with Crippen molar-refractivity contribution in [2.45, 2.75) is 25.5 Å². The van der Waals surface area contributed by atoms with E-state index in [-0.39, 0.29) is 24.5 Å². The molecule has 1 aliphatic heterocycles. The van der Waals surface area contributed by atoms with E-state index in [1.165, 1.54) is 10.5 Å². The molecule has 0 fully saturated rings. The predicted molar refractivity (Wildman–Crippen MR) is 82.2 cm³/mol. The van der Waals surface area contributed by atoms with Gasteiger partial charge < -0.3 is 30.3 Å². The first-order valence-corrected chi connectivity index (χ1v) is 7.91. The van der Waals surface area contributed by atoms with Crippen LogP contribution in [0.25, 0.3) is 0 Å². The van der Waals surface area contributed by atoms with Crippen molar-refractivity contribution in [2.24, 2.45) is 0 Å². The first-order chi connectivity index (χ1) is 10.6. The van der Waals surface area contributed by atoms with Crippen LogP contribution in [0.2, 0.25) is 0 Å². The quantitative estimate of drug-likeness (QED) is 0.370. The van der Waals surface area contributed by atoms with Gasteiger partial charge in [0.05, 0.1) is 26.8 Å². The fraction of sp³-hybridized carbons (Fsp3) is 0.625. The van der Waals surface area contributed by atoms with Crippen LogP contribution in [-0.2, 0) is 6.42 Å². The zero-order valence-corrected chi connectivity index (χ0v) is 13.4. The number of hydrogen-bond donors (Lipinski definition) is 5. The summed E-state index contributed by atoms with van der Waals surface area (Å²) in [7, 11) is 1.56. The second-order valence-electron chi connectivity index (χ2n) is 6.00. The van der Waals surface area contributed by atoms with Crippen LogP contribution in [-0.4, -0.2) is 61.3 Å². The van der Waals surface area contributed by atoms with Gasteiger partial charge in [-0.15, -0.1) is 0 Å². The molecule has 0 amide bonds. The van der Waals surface area contributed by atoms with E-state index in [2.05, 4.69) is 6.92 Å². The van der Waals surface area contributed by atoms with E-state index in [1.54, 1.807) is 13.2 Å². The van der Waals surface area contributed by atoms with E-state index in [0.29, 0.717) is 25.4 Å². The molecule has 0 aromatic heterocycles. The standard InChI is InChI=1S/C16H26N2O4/c1-11-14-8-16(22-2)15(21)7-12(14)3-5-18(11)10-13(20)9-17-4-6-19/h7-8,11,13,17,19-21H,3-6,9-10H2,1-2H3/p+2/t11-,13-/m1/s1. The smallest absolute Gasteiger partial charge is 0.161 e. The van der Waals surface area contributed by atoms with Crippen LogP contribution in [0.4, 0.5) is 0 Å². The predicted octanol–water partition coefficient (Wildman–Crippen LogP) is -2.18. The van der Waals surface area contributed by atoms with Crippen LogP contribution >= 0.6 is 0 Å². The highest BCUT2D eigenvalue weighted by molar-refractivity contribution is 5.47. The zero-order chi connectivity index (χ0) is 16.1. The molecule has 0 saturated heterocycles. The van der Waals surface area contributed by atoms with Crippen molar-refractivity contribution in [1.29, 1.82) is 0 Å². The minimum Gasteiger partial charge on any atom is -0.504 e. The summed E-state index contributed by atoms with van der Waals surface area (Å²) in [5, 5.41) is 30.7. The van der Waals surface area contributed by atoms with Gasteiger partial charge in [0.1, 0.15) is 19.1 Å². The lowest BCUT2D eigenvalue weighted by Gasteiger charge is -2.33. The van der Waals surface area contributed by atoms with Crippen LogP contribution in [0.5, 0.6) is 11.5 Å². The Bertz CT molecular complexity index is 495. The number of aliphatic hydroxyl groups is 2. The molecule has 0 saturated carbocycles. The minimum absolute atomic E-state index is 0.135. The molecule has 0 spiro atoms. The maximum absolute atomic E-state index is 10.1. The third kappa shape index (κ3) is 3.89. The highest BCUT2D eigenvalue weighted by Gasteiger charge is 2.30. The van der Waals surface area contributed by atoms with E-state index >= 15 is 0 Å². The van der Waals surface area contributed by atoms with Gasteiger partial charge in [0, 0.05) is 12.0 Å². The number of nitrogens with one attached hydrogen (secondary N) is 1. The normalized spacial score (nSPS) is 22.2. The molecule has 2 rings (SSSR count). The number of nitrogens with two attached hydrogens (primary N) is 1. The number of phenols is 1. The van der Waals surface area contributed by atoms with Crippen LogP contribution < -0.4 is 15.0 Å². The van der Waals surface area contributed by atoms with Crippen LogP contribution in [0.3, 0.4) is 0 Å². The number of benzene rings is 1. The van der Waals surface area contributed by atoms with Crippen molar-refractivity contribution < 1.29 is 30.3 Å². The molecule has 124 valence electrons. The number of phenolic OH excluding ortho intramolecular Hbond substituents is 1. The Balaban J connectivity index is 2.03. The Kier molecular flexibility index (Phi) is 6.02. The van der Waals surface area contributed by atoms with E-state index in [1.807, 2.05) is 11.4 Å². The van der Waals surface area contributed by atoms with Gasteiger partial charge in [-0.2, -0.15) is 0 Å². The van der Waals surface area contributed by atoms with Gasteiger partial charge in [-0.3, -0.25) is 0 Å². The average molecular weight is 312 g/mol. The highest BCUT2D eigenvalue weighted by atomic mass is 16.5. The molecule has 0 radical (unpaired) electrons. The number of methoxy groups -OCH3 is 1. The molecule has 0 bridgehead atoms. The first kappa shape index (κ1) is 17.0. The number of hydrogen-bond acceptors (Lipinski definition) is 4. The molecule has 22 heavy (non-hydrogen) atoms. The zero-order valence-electron chi connectivity index (χ0n) is 13.4. The Morgan fingerprint density at radius 3 is 2.91 bits per heavy atom. The largest absolute Gasteiger partial charge is 0.504 e. The maximum atomic E-state index is 10.1. The van der Waals surface area contributed by atoms with Crippen molar-refractivity contribution in [1.82, 2.24) is 0 Å². The first-order valence-electron chi connectivity index (χ1n) is 7.91. The van der Waals surface area contributed by atoms with E-state index in [9.17, 15) is 10.2 Å². The molecule has 1 unspecified atom stereocenters. The number of ether oxygens (including phenoxy) is 1.